The van der Waals surface area contributed by atoms with Crippen LogP contribution in [0.2, 0.25) is 0 Å². The molecule has 1 amide bonds. The highest BCUT2D eigenvalue weighted by Gasteiger charge is 2.52. The van der Waals surface area contributed by atoms with Crippen molar-refractivity contribution in [3.05, 3.63) is 0 Å². The lowest BCUT2D eigenvalue weighted by Crippen LogP contribution is -2.60. The van der Waals surface area contributed by atoms with E-state index in [0.717, 1.165) is 25.9 Å². The van der Waals surface area contributed by atoms with Gasteiger partial charge in [0.2, 0.25) is 5.91 Å². The van der Waals surface area contributed by atoms with E-state index in [4.69, 9.17) is 10.9 Å². The minimum atomic E-state index is -0.800. The van der Waals surface area contributed by atoms with Crippen LogP contribution in [0.5, 0.6) is 0 Å². The van der Waals surface area contributed by atoms with E-state index in [9.17, 15) is 4.79 Å². The van der Waals surface area contributed by atoms with Gasteiger partial charge >= 0.3 is 0 Å². The van der Waals surface area contributed by atoms with E-state index in [0.29, 0.717) is 18.8 Å². The smallest absolute Gasteiger partial charge is 0.248 e. The Bertz CT molecular complexity index is 344. The number of hydrazine groups is 1. The number of carbonyl (C=O) groups is 1. The van der Waals surface area contributed by atoms with Crippen molar-refractivity contribution in [1.29, 1.82) is 0 Å². The van der Waals surface area contributed by atoms with Crippen LogP contribution in [0.25, 0.3) is 0 Å². The second-order valence-electron chi connectivity index (χ2n) is 5.57. The van der Waals surface area contributed by atoms with Gasteiger partial charge in [-0.1, -0.05) is 18.5 Å². The number of hydrogen-bond donors (Lipinski definition) is 3. The molecule has 0 atom stereocenters. The molecular weight excluding hydrogens is 232 g/mol. The Labute approximate surface area is 107 Å². The molecule has 0 bridgehead atoms. The van der Waals surface area contributed by atoms with Gasteiger partial charge in [0, 0.05) is 13.1 Å². The van der Waals surface area contributed by atoms with Crippen molar-refractivity contribution < 1.29 is 10.0 Å². The molecule has 6 nitrogen and oxygen atoms in total. The summed E-state index contributed by atoms with van der Waals surface area (Å²) in [6.07, 6.45) is 4.74. The molecule has 2 rings (SSSR count). The van der Waals surface area contributed by atoms with E-state index in [1.54, 1.807) is 0 Å². The molecular formula is C12H22N4O2. The molecule has 1 saturated carbocycles. The third-order valence-electron chi connectivity index (χ3n) is 4.04. The molecule has 1 aliphatic heterocycles. The standard InChI is InChI=1S/C12H22N4O2/c1-9-7-12(8-9,10(13)15-18)11(17)14-16-5-3-2-4-6-16/h9,18H,2-8H2,1H3,(H2,13,15)(H,14,17). The van der Waals surface area contributed by atoms with Gasteiger partial charge in [-0.2, -0.15) is 0 Å². The summed E-state index contributed by atoms with van der Waals surface area (Å²) in [5.41, 5.74) is 7.82. The van der Waals surface area contributed by atoms with Crippen molar-refractivity contribution in [1.82, 2.24) is 10.4 Å². The summed E-state index contributed by atoms with van der Waals surface area (Å²) in [7, 11) is 0. The molecule has 102 valence electrons. The number of piperidine rings is 1. The van der Waals surface area contributed by atoms with E-state index >= 15 is 0 Å². The highest BCUT2D eigenvalue weighted by atomic mass is 16.4. The van der Waals surface area contributed by atoms with Crippen molar-refractivity contribution in [2.24, 2.45) is 22.2 Å². The Morgan fingerprint density at radius 3 is 2.50 bits per heavy atom. The molecule has 1 saturated heterocycles. The van der Waals surface area contributed by atoms with Crippen molar-refractivity contribution in [3.8, 4) is 0 Å². The van der Waals surface area contributed by atoms with Crippen LogP contribution in [0.15, 0.2) is 5.16 Å². The lowest BCUT2D eigenvalue weighted by Gasteiger charge is -2.44. The minimum Gasteiger partial charge on any atom is -0.409 e. The van der Waals surface area contributed by atoms with Crippen LogP contribution in [-0.4, -0.2) is 35.0 Å². The van der Waals surface area contributed by atoms with Gasteiger partial charge < -0.3 is 10.9 Å². The highest BCUT2D eigenvalue weighted by molar-refractivity contribution is 6.07. The molecule has 1 heterocycles. The van der Waals surface area contributed by atoms with Gasteiger partial charge in [-0.05, 0) is 31.6 Å². The van der Waals surface area contributed by atoms with Crippen molar-refractivity contribution in [2.45, 2.75) is 39.0 Å². The second-order valence-corrected chi connectivity index (χ2v) is 5.57. The SMILES string of the molecule is CC1CC(C(=O)NN2CCCCC2)(C(N)=NO)C1. The van der Waals surface area contributed by atoms with E-state index in [2.05, 4.69) is 17.5 Å². The number of nitrogens with two attached hydrogens (primary N) is 1. The molecule has 6 heteroatoms. The molecule has 0 unspecified atom stereocenters. The van der Waals surface area contributed by atoms with Gasteiger partial charge in [-0.25, -0.2) is 5.01 Å². The van der Waals surface area contributed by atoms with Crippen LogP contribution >= 0.6 is 0 Å². The van der Waals surface area contributed by atoms with Crippen molar-refractivity contribution >= 4 is 11.7 Å². The summed E-state index contributed by atoms with van der Waals surface area (Å²) >= 11 is 0. The average Bonchev–Trinajstić information content (AvgIpc) is 2.34. The number of amidine groups is 1. The van der Waals surface area contributed by atoms with Crippen molar-refractivity contribution in [3.63, 3.8) is 0 Å². The lowest BCUT2D eigenvalue weighted by atomic mass is 9.61. The number of oxime groups is 1. The summed E-state index contributed by atoms with van der Waals surface area (Å²) in [4.78, 5) is 12.3. The molecule has 0 aromatic heterocycles. The molecule has 2 aliphatic rings. The Kier molecular flexibility index (Phi) is 3.75. The van der Waals surface area contributed by atoms with Crippen LogP contribution < -0.4 is 11.2 Å². The lowest BCUT2D eigenvalue weighted by molar-refractivity contribution is -0.138. The summed E-state index contributed by atoms with van der Waals surface area (Å²) in [6.45, 7) is 3.83. The zero-order valence-electron chi connectivity index (χ0n) is 10.9. The third-order valence-corrected chi connectivity index (χ3v) is 4.04. The Hall–Kier alpha value is -1.30. The first kappa shape index (κ1) is 13.1. The predicted octanol–water partition coefficient (Wildman–Crippen LogP) is 0.666. The first-order chi connectivity index (χ1) is 8.58. The monoisotopic (exact) mass is 254 g/mol. The van der Waals surface area contributed by atoms with Crippen LogP contribution in [-0.2, 0) is 4.79 Å². The highest BCUT2D eigenvalue weighted by Crippen LogP contribution is 2.45. The van der Waals surface area contributed by atoms with Gasteiger partial charge in [0.05, 0.1) is 0 Å². The maximum absolute atomic E-state index is 12.3. The van der Waals surface area contributed by atoms with E-state index in [-0.39, 0.29) is 11.7 Å². The topological polar surface area (TPSA) is 91.0 Å². The Morgan fingerprint density at radius 1 is 1.39 bits per heavy atom. The van der Waals surface area contributed by atoms with Crippen LogP contribution in [0.4, 0.5) is 0 Å². The van der Waals surface area contributed by atoms with Gasteiger partial charge in [-0.3, -0.25) is 10.2 Å². The number of hydrogen-bond acceptors (Lipinski definition) is 4. The van der Waals surface area contributed by atoms with Crippen LogP contribution in [0, 0.1) is 11.3 Å². The maximum atomic E-state index is 12.3. The fourth-order valence-electron chi connectivity index (χ4n) is 2.99. The molecule has 4 N–H and O–H groups in total. The van der Waals surface area contributed by atoms with Gasteiger partial charge in [0.25, 0.3) is 0 Å². The number of nitrogens with zero attached hydrogens (tertiary/aromatic N) is 2. The number of nitrogens with one attached hydrogen (secondary N) is 1. The summed E-state index contributed by atoms with van der Waals surface area (Å²) in [6, 6.07) is 0. The van der Waals surface area contributed by atoms with Gasteiger partial charge in [-0.15, -0.1) is 0 Å². The normalized spacial score (nSPS) is 33.8. The Balaban J connectivity index is 2.00. The maximum Gasteiger partial charge on any atom is 0.248 e. The van der Waals surface area contributed by atoms with Gasteiger partial charge in [0.15, 0.2) is 5.84 Å². The first-order valence-corrected chi connectivity index (χ1v) is 6.62. The van der Waals surface area contributed by atoms with Gasteiger partial charge in [0.1, 0.15) is 5.41 Å². The summed E-state index contributed by atoms with van der Waals surface area (Å²) in [5, 5.41) is 13.8. The largest absolute Gasteiger partial charge is 0.409 e. The van der Waals surface area contributed by atoms with Crippen LogP contribution in [0.1, 0.15) is 39.0 Å². The van der Waals surface area contributed by atoms with Crippen molar-refractivity contribution in [2.75, 3.05) is 13.1 Å². The number of carbonyl (C=O) groups excluding carboxylic acids is 1. The molecule has 0 spiro atoms. The molecule has 1 aliphatic carbocycles. The molecule has 18 heavy (non-hydrogen) atoms. The zero-order valence-corrected chi connectivity index (χ0v) is 10.9. The van der Waals surface area contributed by atoms with E-state index in [1.165, 1.54) is 6.42 Å². The first-order valence-electron chi connectivity index (χ1n) is 6.62. The molecule has 0 radical (unpaired) electrons. The average molecular weight is 254 g/mol. The fourth-order valence-corrected chi connectivity index (χ4v) is 2.99. The minimum absolute atomic E-state index is 0.0371. The zero-order chi connectivity index (χ0) is 13.2. The number of rotatable bonds is 3. The third kappa shape index (κ3) is 2.29. The molecule has 0 aromatic rings. The summed E-state index contributed by atoms with van der Waals surface area (Å²) in [5.74, 6) is 0.352. The van der Waals surface area contributed by atoms with E-state index < -0.39 is 5.41 Å². The quantitative estimate of drug-likeness (QED) is 0.299. The molecule has 0 aromatic carbocycles. The predicted molar refractivity (Wildman–Crippen MR) is 67.8 cm³/mol. The molecule has 2 fully saturated rings. The van der Waals surface area contributed by atoms with Crippen LogP contribution in [0.3, 0.4) is 0 Å². The fraction of sp³-hybridized carbons (Fsp3) is 0.833. The Morgan fingerprint density at radius 2 is 2.00 bits per heavy atom. The number of amides is 1. The van der Waals surface area contributed by atoms with E-state index in [1.807, 2.05) is 5.01 Å². The second kappa shape index (κ2) is 5.14. The summed E-state index contributed by atoms with van der Waals surface area (Å²) < 4.78 is 0.